The zero-order valence-electron chi connectivity index (χ0n) is 18.6. The smallest absolute Gasteiger partial charge is 0.264 e. The molecule has 2 aromatic carbocycles. The minimum absolute atomic E-state index is 0.0915. The quantitative estimate of drug-likeness (QED) is 0.250. The standard InChI is InChI=1S/C26H30N4OS/c1-2-3-4-5-6-7-13-18-27-19-21-24(20-14-9-8-10-15-20)29-30(25(21)31)26-28-22-16-11-12-17-23(22)32-26/h8-12,14-17,19,21H,2-7,13,18H2,1H3. The number of nitrogens with zero attached hydrogens (tertiary/aromatic N) is 4. The van der Waals surface area contributed by atoms with Gasteiger partial charge in [-0.15, -0.1) is 0 Å². The van der Waals surface area contributed by atoms with E-state index in [0.717, 1.165) is 34.5 Å². The third kappa shape index (κ3) is 5.30. The molecule has 1 atom stereocenters. The highest BCUT2D eigenvalue weighted by atomic mass is 32.1. The van der Waals surface area contributed by atoms with E-state index in [-0.39, 0.29) is 5.91 Å². The molecule has 3 aromatic rings. The van der Waals surface area contributed by atoms with Crippen molar-refractivity contribution in [2.75, 3.05) is 11.6 Å². The van der Waals surface area contributed by atoms with Gasteiger partial charge in [0.15, 0.2) is 0 Å². The van der Waals surface area contributed by atoms with Crippen LogP contribution in [0.25, 0.3) is 10.2 Å². The highest BCUT2D eigenvalue weighted by Gasteiger charge is 2.37. The number of thiazole rings is 1. The second kappa shape index (κ2) is 11.1. The van der Waals surface area contributed by atoms with Gasteiger partial charge in [0, 0.05) is 12.8 Å². The maximum Gasteiger partial charge on any atom is 0.264 e. The fourth-order valence-electron chi connectivity index (χ4n) is 3.88. The molecule has 5 nitrogen and oxygen atoms in total. The van der Waals surface area contributed by atoms with E-state index in [2.05, 4.69) is 16.9 Å². The number of carbonyl (C=O) groups excluding carboxylic acids is 1. The Balaban J connectivity index is 1.46. The Hall–Kier alpha value is -2.86. The Morgan fingerprint density at radius 1 is 0.969 bits per heavy atom. The van der Waals surface area contributed by atoms with E-state index in [9.17, 15) is 4.79 Å². The van der Waals surface area contributed by atoms with Gasteiger partial charge >= 0.3 is 0 Å². The molecular weight excluding hydrogens is 416 g/mol. The van der Waals surface area contributed by atoms with Crippen molar-refractivity contribution in [3.05, 3.63) is 60.2 Å². The first-order chi connectivity index (χ1) is 15.8. The van der Waals surface area contributed by atoms with Crippen LogP contribution in [0.5, 0.6) is 0 Å². The molecule has 1 aliphatic rings. The maximum atomic E-state index is 13.3. The lowest BCUT2D eigenvalue weighted by molar-refractivity contribution is -0.118. The third-order valence-electron chi connectivity index (χ3n) is 5.66. The Morgan fingerprint density at radius 3 is 2.47 bits per heavy atom. The third-order valence-corrected chi connectivity index (χ3v) is 6.67. The molecule has 0 N–H and O–H groups in total. The molecule has 1 unspecified atom stereocenters. The molecule has 0 fully saturated rings. The number of unbranched alkanes of at least 4 members (excludes halogenated alkanes) is 6. The van der Waals surface area contributed by atoms with E-state index in [1.807, 2.05) is 54.6 Å². The van der Waals surface area contributed by atoms with Crippen LogP contribution in [-0.4, -0.2) is 29.4 Å². The number of para-hydroxylation sites is 1. The molecule has 1 aliphatic heterocycles. The fourth-order valence-corrected chi connectivity index (χ4v) is 4.80. The van der Waals surface area contributed by atoms with E-state index in [1.54, 1.807) is 6.21 Å². The van der Waals surface area contributed by atoms with Crippen molar-refractivity contribution < 1.29 is 4.79 Å². The molecule has 0 radical (unpaired) electrons. The molecule has 0 spiro atoms. The topological polar surface area (TPSA) is 57.9 Å². The van der Waals surface area contributed by atoms with Gasteiger partial charge in [0.25, 0.3) is 5.91 Å². The zero-order valence-corrected chi connectivity index (χ0v) is 19.4. The Labute approximate surface area is 193 Å². The van der Waals surface area contributed by atoms with E-state index in [0.29, 0.717) is 5.13 Å². The summed E-state index contributed by atoms with van der Waals surface area (Å²) in [6.07, 6.45) is 10.5. The number of hydrazone groups is 1. The molecule has 1 amide bonds. The first kappa shape index (κ1) is 22.3. The van der Waals surface area contributed by atoms with Crippen LogP contribution in [0.1, 0.15) is 57.4 Å². The summed E-state index contributed by atoms with van der Waals surface area (Å²) < 4.78 is 1.04. The number of carbonyl (C=O) groups is 1. The molecule has 166 valence electrons. The van der Waals surface area contributed by atoms with Crippen molar-refractivity contribution in [3.8, 4) is 0 Å². The predicted octanol–water partition coefficient (Wildman–Crippen LogP) is 6.48. The number of hydrogen-bond acceptors (Lipinski definition) is 5. The number of fused-ring (bicyclic) bond motifs is 1. The van der Waals surface area contributed by atoms with Crippen LogP contribution in [0.15, 0.2) is 64.7 Å². The molecule has 0 aliphatic carbocycles. The lowest BCUT2D eigenvalue weighted by atomic mass is 9.98. The second-order valence-corrected chi connectivity index (χ2v) is 9.13. The van der Waals surface area contributed by atoms with Crippen LogP contribution in [0.3, 0.4) is 0 Å². The van der Waals surface area contributed by atoms with E-state index >= 15 is 0 Å². The molecule has 2 heterocycles. The number of anilines is 1. The fraction of sp³-hybridized carbons (Fsp3) is 0.385. The molecule has 1 aromatic heterocycles. The lowest BCUT2D eigenvalue weighted by Gasteiger charge is -2.08. The number of amides is 1. The van der Waals surface area contributed by atoms with Gasteiger partial charge in [0.05, 0.1) is 15.9 Å². The van der Waals surface area contributed by atoms with Gasteiger partial charge in [0.2, 0.25) is 5.13 Å². The molecule has 0 saturated heterocycles. The van der Waals surface area contributed by atoms with Gasteiger partial charge in [-0.25, -0.2) is 4.98 Å². The molecule has 6 heteroatoms. The minimum atomic E-state index is -0.478. The summed E-state index contributed by atoms with van der Waals surface area (Å²) in [5.74, 6) is -0.569. The normalized spacial score (nSPS) is 16.4. The second-order valence-electron chi connectivity index (χ2n) is 8.12. The average molecular weight is 447 g/mol. The van der Waals surface area contributed by atoms with Crippen LogP contribution in [0, 0.1) is 5.92 Å². The summed E-state index contributed by atoms with van der Waals surface area (Å²) >= 11 is 1.48. The van der Waals surface area contributed by atoms with Gasteiger partial charge in [0.1, 0.15) is 5.92 Å². The summed E-state index contributed by atoms with van der Waals surface area (Å²) in [7, 11) is 0. The van der Waals surface area contributed by atoms with Crippen LogP contribution < -0.4 is 5.01 Å². The van der Waals surface area contributed by atoms with Crippen LogP contribution in [0.4, 0.5) is 5.13 Å². The predicted molar refractivity (Wildman–Crippen MR) is 135 cm³/mol. The SMILES string of the molecule is CCCCCCCCCN=CC1C(=O)N(c2nc3ccccc3s2)N=C1c1ccccc1. The summed E-state index contributed by atoms with van der Waals surface area (Å²) in [6, 6.07) is 17.8. The van der Waals surface area contributed by atoms with Crippen LogP contribution >= 0.6 is 11.3 Å². The Kier molecular flexibility index (Phi) is 7.77. The van der Waals surface area contributed by atoms with Crippen LogP contribution in [0.2, 0.25) is 0 Å². The van der Waals surface area contributed by atoms with Crippen molar-refractivity contribution in [2.45, 2.75) is 51.9 Å². The number of benzene rings is 2. The summed E-state index contributed by atoms with van der Waals surface area (Å²) in [4.78, 5) is 22.6. The van der Waals surface area contributed by atoms with Crippen LogP contribution in [-0.2, 0) is 4.79 Å². The minimum Gasteiger partial charge on any atom is -0.296 e. The van der Waals surface area contributed by atoms with Crippen molar-refractivity contribution in [1.29, 1.82) is 0 Å². The van der Waals surface area contributed by atoms with Crippen molar-refractivity contribution >= 4 is 44.5 Å². The molecular formula is C26H30N4OS. The van der Waals surface area contributed by atoms with E-state index in [1.165, 1.54) is 54.9 Å². The van der Waals surface area contributed by atoms with E-state index in [4.69, 9.17) is 5.10 Å². The van der Waals surface area contributed by atoms with Gasteiger partial charge in [-0.05, 0) is 24.1 Å². The molecule has 32 heavy (non-hydrogen) atoms. The summed E-state index contributed by atoms with van der Waals surface area (Å²) in [6.45, 7) is 2.99. The highest BCUT2D eigenvalue weighted by molar-refractivity contribution is 7.22. The molecule has 0 bridgehead atoms. The van der Waals surface area contributed by atoms with Gasteiger partial charge in [-0.3, -0.25) is 9.79 Å². The van der Waals surface area contributed by atoms with E-state index < -0.39 is 5.92 Å². The number of hydrogen-bond donors (Lipinski definition) is 0. The van der Waals surface area contributed by atoms with Gasteiger partial charge < -0.3 is 0 Å². The summed E-state index contributed by atoms with van der Waals surface area (Å²) in [5, 5.41) is 6.76. The summed E-state index contributed by atoms with van der Waals surface area (Å²) in [5.41, 5.74) is 2.56. The first-order valence-electron chi connectivity index (χ1n) is 11.6. The van der Waals surface area contributed by atoms with Gasteiger partial charge in [-0.2, -0.15) is 10.1 Å². The Bertz CT molecular complexity index is 1060. The maximum absolute atomic E-state index is 13.3. The number of aliphatic imine (C=N–C) groups is 1. The largest absolute Gasteiger partial charge is 0.296 e. The monoisotopic (exact) mass is 446 g/mol. The Morgan fingerprint density at radius 2 is 1.69 bits per heavy atom. The van der Waals surface area contributed by atoms with Crippen molar-refractivity contribution in [1.82, 2.24) is 4.98 Å². The first-order valence-corrected chi connectivity index (χ1v) is 12.4. The number of aromatic nitrogens is 1. The zero-order chi connectivity index (χ0) is 22.2. The molecule has 0 saturated carbocycles. The lowest BCUT2D eigenvalue weighted by Crippen LogP contribution is -2.28. The van der Waals surface area contributed by atoms with Crippen molar-refractivity contribution in [2.24, 2.45) is 16.0 Å². The highest BCUT2D eigenvalue weighted by Crippen LogP contribution is 2.33. The average Bonchev–Trinajstić information content (AvgIpc) is 3.39. The van der Waals surface area contributed by atoms with Gasteiger partial charge in [-0.1, -0.05) is 99.3 Å². The number of rotatable bonds is 11. The van der Waals surface area contributed by atoms with Crippen molar-refractivity contribution in [3.63, 3.8) is 0 Å². The molecule has 4 rings (SSSR count).